The Kier molecular flexibility index (Phi) is 14.1. The summed E-state index contributed by atoms with van der Waals surface area (Å²) in [6.07, 6.45) is 8.71. The molecule has 1 fully saturated rings. The van der Waals surface area contributed by atoms with Gasteiger partial charge in [0.25, 0.3) is 11.8 Å². The molecule has 292 valence electrons. The normalized spacial score (nSPS) is 19.4. The second kappa shape index (κ2) is 18.2. The smallest absolute Gasteiger partial charge is 0.336 e. The summed E-state index contributed by atoms with van der Waals surface area (Å²) in [7, 11) is 0. The zero-order valence-corrected chi connectivity index (χ0v) is 36.4. The predicted molar refractivity (Wildman–Crippen MR) is 226 cm³/mol. The predicted octanol–water partition coefficient (Wildman–Crippen LogP) is 14.1. The number of hydrogen-bond acceptors (Lipinski definition) is 4. The van der Waals surface area contributed by atoms with Crippen LogP contribution < -0.4 is 0 Å². The topological polar surface area (TPSA) is 54.4 Å². The van der Waals surface area contributed by atoms with Gasteiger partial charge >= 0.3 is 5.97 Å². The number of fused-ring (bicyclic) bond motifs is 5. The average Bonchev–Trinajstić information content (AvgIpc) is 3.60. The van der Waals surface area contributed by atoms with E-state index in [4.69, 9.17) is 5.11 Å². The van der Waals surface area contributed by atoms with Gasteiger partial charge in [-0.3, -0.25) is 4.79 Å². The van der Waals surface area contributed by atoms with E-state index in [-0.39, 0.29) is 35.3 Å². The lowest BCUT2D eigenvalue weighted by Gasteiger charge is -2.35. The molecule has 12 heteroatoms. The first-order chi connectivity index (χ1) is 26.2. The van der Waals surface area contributed by atoms with Gasteiger partial charge in [0.1, 0.15) is 0 Å². The minimum absolute atomic E-state index is 0.0252. The molecule has 55 heavy (non-hydrogen) atoms. The summed E-state index contributed by atoms with van der Waals surface area (Å²) in [5.41, 5.74) is 6.14. The van der Waals surface area contributed by atoms with Gasteiger partial charge in [0.05, 0.1) is 9.64 Å². The summed E-state index contributed by atoms with van der Waals surface area (Å²) in [4.78, 5) is 22.3. The van der Waals surface area contributed by atoms with Crippen LogP contribution in [0.25, 0.3) is 0 Å². The first kappa shape index (κ1) is 42.5. The summed E-state index contributed by atoms with van der Waals surface area (Å²) in [6, 6.07) is 22.2. The highest BCUT2D eigenvalue weighted by atomic mass is 79.9. The molecule has 1 N–H and O–H groups in total. The lowest BCUT2D eigenvalue weighted by molar-refractivity contribution is -0.0232. The zero-order valence-electron chi connectivity index (χ0n) is 30.1. The van der Waals surface area contributed by atoms with E-state index >= 15 is 0 Å². The molecule has 1 aliphatic heterocycles. The van der Waals surface area contributed by atoms with Gasteiger partial charge in [0, 0.05) is 60.9 Å². The monoisotopic (exact) mass is 982 g/mol. The van der Waals surface area contributed by atoms with E-state index in [1.165, 1.54) is 52.9 Å². The van der Waals surface area contributed by atoms with Crippen molar-refractivity contribution in [1.82, 2.24) is 0 Å². The number of aryl methyl sites for hydroxylation is 4. The van der Waals surface area contributed by atoms with Crippen LogP contribution in [0.2, 0.25) is 0 Å². The van der Waals surface area contributed by atoms with E-state index in [2.05, 4.69) is 89.5 Å². The number of benzene rings is 4. The van der Waals surface area contributed by atoms with Crippen molar-refractivity contribution in [3.05, 3.63) is 136 Å². The molecule has 5 aliphatic rings. The number of Topliss-reactive ketones (excluding diaryl/α,β-unsaturated/α-hetero) is 1. The van der Waals surface area contributed by atoms with E-state index in [1.54, 1.807) is 29.3 Å². The van der Waals surface area contributed by atoms with Crippen molar-refractivity contribution in [2.45, 2.75) is 93.0 Å². The number of thioether (sulfide) groups is 2. The van der Waals surface area contributed by atoms with Gasteiger partial charge in [-0.05, 0) is 110 Å². The van der Waals surface area contributed by atoms with Crippen LogP contribution in [0.5, 0.6) is 0 Å². The van der Waals surface area contributed by atoms with Crippen molar-refractivity contribution in [2.24, 2.45) is 0 Å². The SMILES string of the molecule is Brc1cccc2c1C1(CCC2)SCCS1.FC1(F)CCCc2cccc(Br)c21.O=C(O)c1cccc2c1C(F)(F)CCC2.O=C1CCCc2cccc(Br)c21. The summed E-state index contributed by atoms with van der Waals surface area (Å²) >= 11 is 14.6. The zero-order chi connectivity index (χ0) is 39.4. The van der Waals surface area contributed by atoms with Crippen LogP contribution in [-0.2, 0) is 41.6 Å². The molecule has 3 nitrogen and oxygen atoms in total. The molecule has 1 heterocycles. The van der Waals surface area contributed by atoms with Crippen LogP contribution in [0, 0.1) is 0 Å². The highest BCUT2D eigenvalue weighted by molar-refractivity contribution is 9.11. The van der Waals surface area contributed by atoms with Crippen molar-refractivity contribution in [2.75, 3.05) is 11.5 Å². The summed E-state index contributed by atoms with van der Waals surface area (Å²) < 4.78 is 57.2. The van der Waals surface area contributed by atoms with Crippen LogP contribution in [0.1, 0.15) is 111 Å². The fraction of sp³-hybridized carbons (Fsp3) is 0.395. The second-order valence-electron chi connectivity index (χ2n) is 14.2. The van der Waals surface area contributed by atoms with E-state index in [9.17, 15) is 27.2 Å². The molecule has 4 aromatic carbocycles. The summed E-state index contributed by atoms with van der Waals surface area (Å²) in [5.74, 6) is -4.02. The number of carboxylic acid groups (broad SMARTS) is 1. The van der Waals surface area contributed by atoms with Gasteiger partial charge in [-0.2, -0.15) is 0 Å². The number of alkyl halides is 4. The number of carbonyl (C=O) groups is 2. The Labute approximate surface area is 353 Å². The third-order valence-electron chi connectivity index (χ3n) is 10.5. The Morgan fingerprint density at radius 3 is 1.58 bits per heavy atom. The van der Waals surface area contributed by atoms with E-state index in [1.807, 2.05) is 24.3 Å². The summed E-state index contributed by atoms with van der Waals surface area (Å²) in [5, 5.41) is 8.84. The van der Waals surface area contributed by atoms with Crippen LogP contribution in [-0.4, -0.2) is 28.4 Å². The van der Waals surface area contributed by atoms with E-state index < -0.39 is 17.8 Å². The van der Waals surface area contributed by atoms with Crippen molar-refractivity contribution in [3.63, 3.8) is 0 Å². The van der Waals surface area contributed by atoms with Crippen LogP contribution in [0.3, 0.4) is 0 Å². The molecule has 0 saturated carbocycles. The average molecular weight is 986 g/mol. The van der Waals surface area contributed by atoms with Gasteiger partial charge in [-0.25, -0.2) is 22.4 Å². The molecule has 1 spiro atoms. The van der Waals surface area contributed by atoms with Crippen molar-refractivity contribution < 1.29 is 32.3 Å². The lowest BCUT2D eigenvalue weighted by atomic mass is 9.85. The van der Waals surface area contributed by atoms with E-state index in [0.717, 1.165) is 34.9 Å². The highest BCUT2D eigenvalue weighted by Gasteiger charge is 2.42. The number of rotatable bonds is 1. The van der Waals surface area contributed by atoms with Crippen LogP contribution in [0.4, 0.5) is 17.6 Å². The minimum atomic E-state index is -3.00. The Bertz CT molecular complexity index is 2050. The Morgan fingerprint density at radius 1 is 0.564 bits per heavy atom. The first-order valence-electron chi connectivity index (χ1n) is 18.5. The molecule has 9 rings (SSSR count). The van der Waals surface area contributed by atoms with Crippen molar-refractivity contribution >= 4 is 83.1 Å². The largest absolute Gasteiger partial charge is 0.478 e. The Morgan fingerprint density at radius 2 is 1.02 bits per heavy atom. The number of halogens is 7. The van der Waals surface area contributed by atoms with Gasteiger partial charge in [0.2, 0.25) is 0 Å². The maximum atomic E-state index is 13.6. The molecule has 0 unspecified atom stereocenters. The number of hydrogen-bond donors (Lipinski definition) is 1. The van der Waals surface area contributed by atoms with Crippen molar-refractivity contribution in [3.8, 4) is 0 Å². The molecular formula is C43H41Br3F4O3S2. The van der Waals surface area contributed by atoms with Gasteiger partial charge in [-0.1, -0.05) is 96.3 Å². The molecule has 1 saturated heterocycles. The van der Waals surface area contributed by atoms with E-state index in [0.29, 0.717) is 39.8 Å². The molecule has 0 bridgehead atoms. The molecule has 0 amide bonds. The second-order valence-corrected chi connectivity index (χ2v) is 19.8. The Balaban J connectivity index is 0.000000125. The van der Waals surface area contributed by atoms with Gasteiger partial charge in [-0.15, -0.1) is 23.5 Å². The molecule has 0 aromatic heterocycles. The van der Waals surface area contributed by atoms with Crippen LogP contribution >= 0.6 is 71.3 Å². The summed E-state index contributed by atoms with van der Waals surface area (Å²) in [6.45, 7) is 0. The Hall–Kier alpha value is -2.12. The van der Waals surface area contributed by atoms with Gasteiger partial charge in [0.15, 0.2) is 5.78 Å². The highest BCUT2D eigenvalue weighted by Crippen LogP contribution is 2.59. The first-order valence-corrected chi connectivity index (χ1v) is 22.8. The molecule has 0 atom stereocenters. The molecule has 0 radical (unpaired) electrons. The third-order valence-corrected chi connectivity index (χ3v) is 16.0. The third kappa shape index (κ3) is 9.61. The number of ketones is 1. The fourth-order valence-corrected chi connectivity index (χ4v) is 13.9. The quantitative estimate of drug-likeness (QED) is 0.193. The standard InChI is InChI=1S/C12H13BrS2.C11H10F2O2.C10H9BrF2.C10H9BrO/c13-10-5-1-3-9-4-2-6-12(11(9)10)14-7-8-15-12;12-11(13)6-2-4-7-3-1-5-8(9(7)11)10(14)15;11-8-5-1-3-7-4-2-6-10(12,13)9(7)8;11-8-5-1-3-7-4-2-6-9(12)10(7)8/h1,3,5H,2,4,6-8H2;1,3,5H,2,4,6H2,(H,14,15);1,3,5H,2,4,6H2;1,3,5H,2,4,6H2. The minimum Gasteiger partial charge on any atom is -0.478 e. The fourth-order valence-electron chi connectivity index (χ4n) is 8.09. The molecule has 4 aromatic rings. The molecular weight excluding hydrogens is 944 g/mol. The maximum Gasteiger partial charge on any atom is 0.336 e. The maximum absolute atomic E-state index is 13.6. The lowest BCUT2D eigenvalue weighted by Crippen LogP contribution is -2.24. The van der Waals surface area contributed by atoms with Gasteiger partial charge < -0.3 is 5.11 Å². The number of aromatic carboxylic acids is 1. The number of carbonyl (C=O) groups excluding carboxylic acids is 1. The number of carboxylic acids is 1. The van der Waals surface area contributed by atoms with Crippen LogP contribution in [0.15, 0.2) is 86.2 Å². The van der Waals surface area contributed by atoms with Crippen molar-refractivity contribution in [1.29, 1.82) is 0 Å². The molecule has 4 aliphatic carbocycles.